The monoisotopic (exact) mass is 701 g/mol. The van der Waals surface area contributed by atoms with Gasteiger partial charge in [0.2, 0.25) is 0 Å². The molecular formula is C54H39N. The molecule has 9 aromatic carbocycles. The van der Waals surface area contributed by atoms with Gasteiger partial charge in [0.25, 0.3) is 0 Å². The molecule has 1 heteroatoms. The first-order chi connectivity index (χ1) is 27.3. The number of nitrogens with zero attached hydrogens (tertiary/aromatic N) is 1. The highest BCUT2D eigenvalue weighted by molar-refractivity contribution is 5.99. The van der Waals surface area contributed by atoms with Gasteiger partial charge in [0, 0.05) is 16.8 Å². The normalized spacial score (nSPS) is 10.9. The van der Waals surface area contributed by atoms with E-state index in [1.807, 2.05) is 0 Å². The van der Waals surface area contributed by atoms with Crippen LogP contribution in [0.3, 0.4) is 0 Å². The van der Waals surface area contributed by atoms with Gasteiger partial charge in [-0.15, -0.1) is 0 Å². The smallest absolute Gasteiger partial charge is 0.0540 e. The van der Waals surface area contributed by atoms with Crippen LogP contribution < -0.4 is 4.90 Å². The molecular weight excluding hydrogens is 663 g/mol. The van der Waals surface area contributed by atoms with E-state index in [9.17, 15) is 0 Å². The van der Waals surface area contributed by atoms with Gasteiger partial charge in [-0.2, -0.15) is 0 Å². The fraction of sp³-hybridized carbons (Fsp3) is 0. The van der Waals surface area contributed by atoms with Crippen molar-refractivity contribution in [2.45, 2.75) is 0 Å². The number of rotatable bonds is 9. The first-order valence-corrected chi connectivity index (χ1v) is 18.9. The SMILES string of the molecule is c1ccc(-c2ccc(-c3ccc(N(c4ccccc4-c4ccccc4)c4ccccc4-c4ccccc4-c4ccccc4-c4ccccc4)cc3)cc2)cc1. The minimum atomic E-state index is 1.09. The van der Waals surface area contributed by atoms with Gasteiger partial charge in [-0.3, -0.25) is 0 Å². The Kier molecular flexibility index (Phi) is 9.41. The molecule has 0 aromatic heterocycles. The van der Waals surface area contributed by atoms with Gasteiger partial charge >= 0.3 is 0 Å². The third kappa shape index (κ3) is 6.88. The van der Waals surface area contributed by atoms with Crippen molar-refractivity contribution >= 4 is 17.1 Å². The minimum absolute atomic E-state index is 1.09. The molecule has 0 atom stereocenters. The number of para-hydroxylation sites is 2. The van der Waals surface area contributed by atoms with Gasteiger partial charge in [-0.25, -0.2) is 0 Å². The highest BCUT2D eigenvalue weighted by Crippen LogP contribution is 2.47. The summed E-state index contributed by atoms with van der Waals surface area (Å²) in [6.45, 7) is 0. The van der Waals surface area contributed by atoms with Crippen molar-refractivity contribution in [2.24, 2.45) is 0 Å². The van der Waals surface area contributed by atoms with Crippen LogP contribution in [0, 0.1) is 0 Å². The second-order valence-electron chi connectivity index (χ2n) is 13.7. The van der Waals surface area contributed by atoms with E-state index in [2.05, 4.69) is 241 Å². The Bertz CT molecular complexity index is 2660. The minimum Gasteiger partial charge on any atom is -0.309 e. The van der Waals surface area contributed by atoms with Gasteiger partial charge in [-0.05, 0) is 79.9 Å². The molecule has 260 valence electrons. The lowest BCUT2D eigenvalue weighted by atomic mass is 9.88. The summed E-state index contributed by atoms with van der Waals surface area (Å²) in [5.41, 5.74) is 17.6. The Morgan fingerprint density at radius 2 is 0.473 bits per heavy atom. The van der Waals surface area contributed by atoms with Gasteiger partial charge < -0.3 is 4.90 Å². The van der Waals surface area contributed by atoms with Crippen LogP contribution in [0.1, 0.15) is 0 Å². The standard InChI is InChI=1S/C54H39N/c1-4-18-40(19-5-1)41-32-34-42(35-33-41)43-36-38-46(39-37-43)55(53-30-16-14-25-48(53)45-22-8-3-9-23-45)54-31-17-15-29-52(54)51-28-13-12-27-50(51)49-26-11-10-24-47(49)44-20-6-2-7-21-44/h1-39H. The van der Waals surface area contributed by atoms with Crippen molar-refractivity contribution in [1.82, 2.24) is 0 Å². The summed E-state index contributed by atoms with van der Waals surface area (Å²) in [4.78, 5) is 2.43. The van der Waals surface area contributed by atoms with Crippen molar-refractivity contribution in [3.63, 3.8) is 0 Å². The van der Waals surface area contributed by atoms with Gasteiger partial charge in [-0.1, -0.05) is 212 Å². The number of hydrogen-bond donors (Lipinski definition) is 0. The van der Waals surface area contributed by atoms with Gasteiger partial charge in [0.1, 0.15) is 0 Å². The lowest BCUT2D eigenvalue weighted by molar-refractivity contribution is 1.28. The zero-order valence-electron chi connectivity index (χ0n) is 30.5. The second-order valence-corrected chi connectivity index (χ2v) is 13.7. The van der Waals surface area contributed by atoms with E-state index in [0.717, 1.165) is 22.6 Å². The Labute approximate surface area is 324 Å². The maximum atomic E-state index is 2.43. The van der Waals surface area contributed by atoms with E-state index in [1.54, 1.807) is 0 Å². The summed E-state index contributed by atoms with van der Waals surface area (Å²) in [5.74, 6) is 0. The third-order valence-corrected chi connectivity index (χ3v) is 10.3. The maximum Gasteiger partial charge on any atom is 0.0540 e. The largest absolute Gasteiger partial charge is 0.309 e. The van der Waals surface area contributed by atoms with Crippen LogP contribution in [-0.2, 0) is 0 Å². The lowest BCUT2D eigenvalue weighted by Crippen LogP contribution is -2.12. The molecule has 0 heterocycles. The summed E-state index contributed by atoms with van der Waals surface area (Å²) < 4.78 is 0. The predicted octanol–water partition coefficient (Wildman–Crippen LogP) is 15.2. The first kappa shape index (κ1) is 33.6. The molecule has 1 nitrogen and oxygen atoms in total. The topological polar surface area (TPSA) is 3.24 Å². The van der Waals surface area contributed by atoms with Crippen molar-refractivity contribution in [1.29, 1.82) is 0 Å². The summed E-state index contributed by atoms with van der Waals surface area (Å²) >= 11 is 0. The summed E-state index contributed by atoms with van der Waals surface area (Å²) in [6, 6.07) is 85.0. The van der Waals surface area contributed by atoms with E-state index in [-0.39, 0.29) is 0 Å². The fourth-order valence-corrected chi connectivity index (χ4v) is 7.66. The lowest BCUT2D eigenvalue weighted by Gasteiger charge is -2.30. The van der Waals surface area contributed by atoms with Crippen LogP contribution in [0.2, 0.25) is 0 Å². The average Bonchev–Trinajstić information content (AvgIpc) is 3.28. The van der Waals surface area contributed by atoms with Crippen LogP contribution in [0.4, 0.5) is 17.1 Å². The van der Waals surface area contributed by atoms with E-state index < -0.39 is 0 Å². The molecule has 0 spiro atoms. The highest BCUT2D eigenvalue weighted by atomic mass is 15.1. The van der Waals surface area contributed by atoms with Crippen molar-refractivity contribution in [2.75, 3.05) is 4.90 Å². The average molecular weight is 702 g/mol. The molecule has 0 saturated heterocycles. The van der Waals surface area contributed by atoms with Crippen LogP contribution in [0.25, 0.3) is 66.8 Å². The van der Waals surface area contributed by atoms with E-state index in [0.29, 0.717) is 0 Å². The molecule has 0 fully saturated rings. The van der Waals surface area contributed by atoms with Crippen molar-refractivity contribution in [3.05, 3.63) is 237 Å². The predicted molar refractivity (Wildman–Crippen MR) is 234 cm³/mol. The van der Waals surface area contributed by atoms with Crippen LogP contribution in [0.15, 0.2) is 237 Å². The molecule has 0 aliphatic rings. The van der Waals surface area contributed by atoms with E-state index >= 15 is 0 Å². The molecule has 0 unspecified atom stereocenters. The summed E-state index contributed by atoms with van der Waals surface area (Å²) in [6.07, 6.45) is 0. The molecule has 0 aliphatic carbocycles. The van der Waals surface area contributed by atoms with Gasteiger partial charge in [0.05, 0.1) is 11.4 Å². The summed E-state index contributed by atoms with van der Waals surface area (Å²) in [5, 5.41) is 0. The Morgan fingerprint density at radius 1 is 0.182 bits per heavy atom. The van der Waals surface area contributed by atoms with Crippen molar-refractivity contribution in [3.8, 4) is 66.8 Å². The third-order valence-electron chi connectivity index (χ3n) is 10.3. The number of anilines is 3. The number of benzene rings is 9. The Hall–Kier alpha value is -7.22. The zero-order valence-corrected chi connectivity index (χ0v) is 30.5. The Balaban J connectivity index is 1.19. The van der Waals surface area contributed by atoms with E-state index in [4.69, 9.17) is 0 Å². The molecule has 0 saturated carbocycles. The molecule has 0 bridgehead atoms. The Morgan fingerprint density at radius 3 is 0.982 bits per heavy atom. The fourth-order valence-electron chi connectivity index (χ4n) is 7.66. The number of hydrogen-bond acceptors (Lipinski definition) is 1. The highest BCUT2D eigenvalue weighted by Gasteiger charge is 2.22. The molecule has 0 aliphatic heterocycles. The first-order valence-electron chi connectivity index (χ1n) is 18.9. The summed E-state index contributed by atoms with van der Waals surface area (Å²) in [7, 11) is 0. The van der Waals surface area contributed by atoms with Crippen LogP contribution in [-0.4, -0.2) is 0 Å². The molecule has 0 radical (unpaired) electrons. The second kappa shape index (κ2) is 15.4. The quantitative estimate of drug-likeness (QED) is 0.145. The molecule has 0 amide bonds. The van der Waals surface area contributed by atoms with Crippen LogP contribution >= 0.6 is 0 Å². The zero-order chi connectivity index (χ0) is 36.8. The molecule has 9 aromatic rings. The van der Waals surface area contributed by atoms with E-state index in [1.165, 1.54) is 61.2 Å². The molecule has 0 N–H and O–H groups in total. The van der Waals surface area contributed by atoms with Crippen LogP contribution in [0.5, 0.6) is 0 Å². The van der Waals surface area contributed by atoms with Crippen molar-refractivity contribution < 1.29 is 0 Å². The molecule has 55 heavy (non-hydrogen) atoms. The van der Waals surface area contributed by atoms with Gasteiger partial charge in [0.15, 0.2) is 0 Å². The maximum absolute atomic E-state index is 2.43. The molecule has 9 rings (SSSR count).